The number of hydrogen-bond donors (Lipinski definition) is 1. The highest BCUT2D eigenvalue weighted by Crippen LogP contribution is 2.37. The third-order valence-corrected chi connectivity index (χ3v) is 4.54. The van der Waals surface area contributed by atoms with E-state index in [1.54, 1.807) is 43.4 Å². The summed E-state index contributed by atoms with van der Waals surface area (Å²) in [6.45, 7) is 0. The van der Waals surface area contributed by atoms with Crippen LogP contribution < -0.4 is 5.32 Å². The van der Waals surface area contributed by atoms with Gasteiger partial charge in [0.1, 0.15) is 5.69 Å². The van der Waals surface area contributed by atoms with Crippen LogP contribution in [0.3, 0.4) is 0 Å². The highest BCUT2D eigenvalue weighted by molar-refractivity contribution is 6.04. The lowest BCUT2D eigenvalue weighted by molar-refractivity contribution is -0.137. The Balaban J connectivity index is 1.67. The molecule has 4 rings (SSSR count). The Morgan fingerprint density at radius 3 is 2.59 bits per heavy atom. The van der Waals surface area contributed by atoms with Gasteiger partial charge in [-0.2, -0.15) is 18.3 Å². The first-order valence-electron chi connectivity index (χ1n) is 8.69. The molecule has 146 valence electrons. The van der Waals surface area contributed by atoms with Crippen LogP contribution in [0.4, 0.5) is 18.9 Å². The highest BCUT2D eigenvalue weighted by atomic mass is 19.4. The maximum atomic E-state index is 13.3. The van der Waals surface area contributed by atoms with E-state index in [1.165, 1.54) is 29.2 Å². The van der Waals surface area contributed by atoms with Crippen LogP contribution in [0, 0.1) is 0 Å². The molecule has 0 aliphatic rings. The Labute approximate surface area is 163 Å². The number of carbonyl (C=O) groups is 1. The Morgan fingerprint density at radius 2 is 1.86 bits per heavy atom. The van der Waals surface area contributed by atoms with E-state index in [9.17, 15) is 18.0 Å². The van der Waals surface area contributed by atoms with E-state index in [0.717, 1.165) is 6.07 Å². The van der Waals surface area contributed by atoms with Gasteiger partial charge in [0.2, 0.25) is 0 Å². The smallest absolute Gasteiger partial charge is 0.321 e. The molecule has 5 nitrogen and oxygen atoms in total. The maximum absolute atomic E-state index is 13.3. The molecule has 0 saturated heterocycles. The van der Waals surface area contributed by atoms with E-state index < -0.39 is 11.7 Å². The molecule has 2 aromatic heterocycles. The molecule has 29 heavy (non-hydrogen) atoms. The van der Waals surface area contributed by atoms with E-state index >= 15 is 0 Å². The van der Waals surface area contributed by atoms with Gasteiger partial charge in [-0.05, 0) is 35.9 Å². The quantitative estimate of drug-likeness (QED) is 0.536. The molecule has 0 unspecified atom stereocenters. The number of nitrogens with one attached hydrogen (secondary N) is 1. The predicted octanol–water partition coefficient (Wildman–Crippen LogP) is 4.91. The molecule has 0 spiro atoms. The van der Waals surface area contributed by atoms with Gasteiger partial charge in [0.15, 0.2) is 0 Å². The number of aryl methyl sites for hydroxylation is 1. The molecule has 4 aromatic rings. The average Bonchev–Trinajstić information content (AvgIpc) is 3.13. The minimum atomic E-state index is -4.45. The van der Waals surface area contributed by atoms with Crippen LogP contribution in [-0.2, 0) is 13.2 Å². The van der Waals surface area contributed by atoms with Gasteiger partial charge in [0, 0.05) is 36.1 Å². The van der Waals surface area contributed by atoms with Gasteiger partial charge < -0.3 is 5.32 Å². The van der Waals surface area contributed by atoms with Crippen LogP contribution in [0.15, 0.2) is 67.0 Å². The van der Waals surface area contributed by atoms with Gasteiger partial charge in [-0.1, -0.05) is 24.3 Å². The second kappa shape index (κ2) is 7.05. The number of halogens is 3. The number of carbonyl (C=O) groups excluding carboxylic acids is 1. The summed E-state index contributed by atoms with van der Waals surface area (Å²) in [4.78, 5) is 16.6. The van der Waals surface area contributed by atoms with Gasteiger partial charge in [0.25, 0.3) is 5.91 Å². The lowest BCUT2D eigenvalue weighted by Gasteiger charge is -2.13. The number of fused-ring (bicyclic) bond motifs is 1. The van der Waals surface area contributed by atoms with Crippen LogP contribution in [-0.4, -0.2) is 20.7 Å². The van der Waals surface area contributed by atoms with Crippen molar-refractivity contribution >= 4 is 22.5 Å². The number of hydrogen-bond acceptors (Lipinski definition) is 3. The molecule has 2 heterocycles. The molecule has 0 aliphatic carbocycles. The van der Waals surface area contributed by atoms with Crippen molar-refractivity contribution in [1.82, 2.24) is 14.8 Å². The summed E-state index contributed by atoms with van der Waals surface area (Å²) in [5.74, 6) is -0.319. The SMILES string of the molecule is Cn1nccc1C(=O)Nc1ccc2cc(-c3ccccc3C(F)(F)F)cnc2c1. The van der Waals surface area contributed by atoms with Gasteiger partial charge in [0.05, 0.1) is 11.1 Å². The topological polar surface area (TPSA) is 59.8 Å². The number of pyridine rings is 1. The van der Waals surface area contributed by atoms with Gasteiger partial charge in [-0.15, -0.1) is 0 Å². The van der Waals surface area contributed by atoms with Crippen molar-refractivity contribution in [2.24, 2.45) is 7.05 Å². The van der Waals surface area contributed by atoms with Crippen LogP contribution in [0.5, 0.6) is 0 Å². The molecular formula is C21H15F3N4O. The first kappa shape index (κ1) is 18.7. The Bertz CT molecular complexity index is 1210. The second-order valence-corrected chi connectivity index (χ2v) is 6.47. The Hall–Kier alpha value is -3.68. The molecule has 0 atom stereocenters. The first-order valence-corrected chi connectivity index (χ1v) is 8.69. The zero-order valence-electron chi connectivity index (χ0n) is 15.2. The summed E-state index contributed by atoms with van der Waals surface area (Å²) in [6.07, 6.45) is -1.53. The molecule has 1 N–H and O–H groups in total. The van der Waals surface area contributed by atoms with Crippen molar-refractivity contribution in [1.29, 1.82) is 0 Å². The van der Waals surface area contributed by atoms with Gasteiger partial charge >= 0.3 is 6.18 Å². The van der Waals surface area contributed by atoms with Crippen molar-refractivity contribution in [2.75, 3.05) is 5.32 Å². The molecular weight excluding hydrogens is 381 g/mol. The fraction of sp³-hybridized carbons (Fsp3) is 0.0952. The summed E-state index contributed by atoms with van der Waals surface area (Å²) in [6, 6.07) is 13.7. The normalized spacial score (nSPS) is 11.6. The third-order valence-electron chi connectivity index (χ3n) is 4.54. The molecule has 0 saturated carbocycles. The number of aromatic nitrogens is 3. The fourth-order valence-corrected chi connectivity index (χ4v) is 3.12. The van der Waals surface area contributed by atoms with Gasteiger partial charge in [-0.25, -0.2) is 0 Å². The maximum Gasteiger partial charge on any atom is 0.417 e. The number of benzene rings is 2. The molecule has 0 bridgehead atoms. The zero-order chi connectivity index (χ0) is 20.6. The summed E-state index contributed by atoms with van der Waals surface area (Å²) in [5.41, 5.74) is 1.22. The minimum Gasteiger partial charge on any atom is -0.321 e. The second-order valence-electron chi connectivity index (χ2n) is 6.47. The number of nitrogens with zero attached hydrogens (tertiary/aromatic N) is 3. The Kier molecular flexibility index (Phi) is 4.54. The lowest BCUT2D eigenvalue weighted by Crippen LogP contribution is -2.16. The van der Waals surface area contributed by atoms with E-state index in [1.807, 2.05) is 0 Å². The minimum absolute atomic E-state index is 0.0722. The zero-order valence-corrected chi connectivity index (χ0v) is 15.2. The fourth-order valence-electron chi connectivity index (χ4n) is 3.12. The van der Waals surface area contributed by atoms with Crippen LogP contribution in [0.2, 0.25) is 0 Å². The Morgan fingerprint density at radius 1 is 1.07 bits per heavy atom. The summed E-state index contributed by atoms with van der Waals surface area (Å²) in [7, 11) is 1.66. The van der Waals surface area contributed by atoms with E-state index in [2.05, 4.69) is 15.4 Å². The third kappa shape index (κ3) is 3.69. The van der Waals surface area contributed by atoms with E-state index in [4.69, 9.17) is 0 Å². The molecule has 8 heteroatoms. The van der Waals surface area contributed by atoms with E-state index in [0.29, 0.717) is 27.8 Å². The van der Waals surface area contributed by atoms with Crippen LogP contribution in [0.1, 0.15) is 16.1 Å². The van der Waals surface area contributed by atoms with Crippen molar-refractivity contribution in [3.05, 3.63) is 78.2 Å². The summed E-state index contributed by atoms with van der Waals surface area (Å²) >= 11 is 0. The standard InChI is InChI=1S/C21H15F3N4O/c1-28-19(8-9-26-28)20(29)27-15-7-6-13-10-14(12-25-18(13)11-15)16-4-2-3-5-17(16)21(22,23)24/h2-12H,1H3,(H,27,29). The number of rotatable bonds is 3. The average molecular weight is 396 g/mol. The molecule has 1 amide bonds. The monoisotopic (exact) mass is 396 g/mol. The number of anilines is 1. The van der Waals surface area contributed by atoms with Crippen molar-refractivity contribution in [2.45, 2.75) is 6.18 Å². The largest absolute Gasteiger partial charge is 0.417 e. The number of amides is 1. The lowest BCUT2D eigenvalue weighted by atomic mass is 9.99. The molecule has 0 radical (unpaired) electrons. The highest BCUT2D eigenvalue weighted by Gasteiger charge is 2.33. The van der Waals surface area contributed by atoms with E-state index in [-0.39, 0.29) is 11.5 Å². The van der Waals surface area contributed by atoms with Crippen molar-refractivity contribution < 1.29 is 18.0 Å². The summed E-state index contributed by atoms with van der Waals surface area (Å²) in [5, 5.41) is 7.38. The van der Waals surface area contributed by atoms with Crippen LogP contribution in [0.25, 0.3) is 22.0 Å². The summed E-state index contributed by atoms with van der Waals surface area (Å²) < 4.78 is 41.4. The van der Waals surface area contributed by atoms with Crippen molar-refractivity contribution in [3.63, 3.8) is 0 Å². The predicted molar refractivity (Wildman–Crippen MR) is 103 cm³/mol. The first-order chi connectivity index (χ1) is 13.8. The van der Waals surface area contributed by atoms with Gasteiger partial charge in [-0.3, -0.25) is 14.5 Å². The van der Waals surface area contributed by atoms with Crippen molar-refractivity contribution in [3.8, 4) is 11.1 Å². The van der Waals surface area contributed by atoms with Crippen LogP contribution >= 0.6 is 0 Å². The molecule has 0 aliphatic heterocycles. The number of alkyl halides is 3. The molecule has 2 aromatic carbocycles. The molecule has 0 fully saturated rings.